The molecule has 2 aromatic heterocycles. The van der Waals surface area contributed by atoms with Crippen LogP contribution in [0.25, 0.3) is 21.8 Å². The highest BCUT2D eigenvalue weighted by Gasteiger charge is 2.27. The lowest BCUT2D eigenvalue weighted by Gasteiger charge is -2.24. The van der Waals surface area contributed by atoms with E-state index in [4.69, 9.17) is 5.10 Å². The zero-order chi connectivity index (χ0) is 22.7. The second-order valence-corrected chi connectivity index (χ2v) is 10.7. The first kappa shape index (κ1) is 21.1. The van der Waals surface area contributed by atoms with E-state index >= 15 is 0 Å². The van der Waals surface area contributed by atoms with Crippen LogP contribution in [0.3, 0.4) is 0 Å². The standard InChI is InChI=1S/C26H31N5/c1-14-9-10-17-20(22(14)25(3,4)5)18(29-28-17)12-16-11-15(2)23(26(6,7)8)21-19(13-27)30-31-24(16)21/h9-11H,12H2,1-8H3,(H,28,29)(H,30,31). The average molecular weight is 414 g/mol. The van der Waals surface area contributed by atoms with Crippen molar-refractivity contribution in [1.82, 2.24) is 20.4 Å². The van der Waals surface area contributed by atoms with Crippen LogP contribution < -0.4 is 0 Å². The monoisotopic (exact) mass is 413 g/mol. The van der Waals surface area contributed by atoms with Gasteiger partial charge in [0.1, 0.15) is 6.07 Å². The average Bonchev–Trinajstić information content (AvgIpc) is 3.23. The van der Waals surface area contributed by atoms with E-state index in [1.165, 1.54) is 27.6 Å². The zero-order valence-electron chi connectivity index (χ0n) is 19.8. The Hall–Kier alpha value is -3.13. The van der Waals surface area contributed by atoms with Gasteiger partial charge in [-0.15, -0.1) is 0 Å². The third-order valence-electron chi connectivity index (χ3n) is 6.10. The number of nitrogens with one attached hydrogen (secondary N) is 2. The maximum absolute atomic E-state index is 9.70. The number of fused-ring (bicyclic) bond motifs is 2. The molecule has 0 amide bonds. The number of H-pyrrole nitrogens is 2. The molecule has 0 aliphatic heterocycles. The molecule has 0 fully saturated rings. The molecular formula is C26H31N5. The summed E-state index contributed by atoms with van der Waals surface area (Å²) in [6, 6.07) is 8.79. The molecule has 0 bridgehead atoms. The molecule has 0 atom stereocenters. The van der Waals surface area contributed by atoms with Crippen LogP contribution in [0.1, 0.15) is 80.7 Å². The Bertz CT molecular complexity index is 1350. The van der Waals surface area contributed by atoms with Gasteiger partial charge in [0.05, 0.1) is 16.7 Å². The minimum Gasteiger partial charge on any atom is -0.278 e. The molecule has 2 N–H and O–H groups in total. The summed E-state index contributed by atoms with van der Waals surface area (Å²) in [6.07, 6.45) is 0.668. The molecule has 0 spiro atoms. The lowest BCUT2D eigenvalue weighted by atomic mass is 9.79. The van der Waals surface area contributed by atoms with Crippen LogP contribution in [0.2, 0.25) is 0 Å². The van der Waals surface area contributed by atoms with Gasteiger partial charge >= 0.3 is 0 Å². The second-order valence-electron chi connectivity index (χ2n) is 10.7. The Morgan fingerprint density at radius 2 is 1.52 bits per heavy atom. The molecule has 5 heteroatoms. The Kier molecular flexibility index (Phi) is 4.73. The normalized spacial score (nSPS) is 12.6. The van der Waals surface area contributed by atoms with Crippen LogP contribution in [0, 0.1) is 25.2 Å². The smallest absolute Gasteiger partial charge is 0.170 e. The van der Waals surface area contributed by atoms with E-state index < -0.39 is 0 Å². The fourth-order valence-corrected chi connectivity index (χ4v) is 5.17. The van der Waals surface area contributed by atoms with Crippen molar-refractivity contribution in [1.29, 1.82) is 5.26 Å². The molecule has 5 nitrogen and oxygen atoms in total. The number of hydrogen-bond acceptors (Lipinski definition) is 3. The molecule has 0 radical (unpaired) electrons. The van der Waals surface area contributed by atoms with Gasteiger partial charge in [0.15, 0.2) is 5.69 Å². The predicted octanol–water partition coefficient (Wildman–Crippen LogP) is 6.11. The molecule has 0 unspecified atom stereocenters. The Balaban J connectivity index is 1.98. The van der Waals surface area contributed by atoms with Crippen LogP contribution >= 0.6 is 0 Å². The van der Waals surface area contributed by atoms with Crippen molar-refractivity contribution in [2.24, 2.45) is 0 Å². The number of aromatic nitrogens is 4. The fraction of sp³-hybridized carbons (Fsp3) is 0.423. The minimum absolute atomic E-state index is 0.00547. The number of nitriles is 1. The number of rotatable bonds is 2. The highest BCUT2D eigenvalue weighted by Crippen LogP contribution is 2.38. The van der Waals surface area contributed by atoms with E-state index in [0.29, 0.717) is 12.1 Å². The summed E-state index contributed by atoms with van der Waals surface area (Å²) in [5, 5.41) is 27.3. The molecule has 2 aromatic carbocycles. The quantitative estimate of drug-likeness (QED) is 0.416. The molecule has 2 heterocycles. The van der Waals surface area contributed by atoms with E-state index in [1.807, 2.05) is 0 Å². The molecule has 4 rings (SSSR count). The first-order chi connectivity index (χ1) is 14.4. The topological polar surface area (TPSA) is 81.2 Å². The lowest BCUT2D eigenvalue weighted by molar-refractivity contribution is 0.591. The summed E-state index contributed by atoms with van der Waals surface area (Å²) in [5.41, 5.74) is 9.48. The summed E-state index contributed by atoms with van der Waals surface area (Å²) in [5.74, 6) is 0. The maximum atomic E-state index is 9.70. The van der Waals surface area contributed by atoms with Crippen LogP contribution in [0.15, 0.2) is 18.2 Å². The van der Waals surface area contributed by atoms with Gasteiger partial charge in [-0.1, -0.05) is 53.7 Å². The van der Waals surface area contributed by atoms with E-state index in [2.05, 4.69) is 95.0 Å². The summed E-state index contributed by atoms with van der Waals surface area (Å²) in [6.45, 7) is 17.6. The highest BCUT2D eigenvalue weighted by atomic mass is 15.1. The van der Waals surface area contributed by atoms with Gasteiger partial charge in [0, 0.05) is 17.2 Å². The van der Waals surface area contributed by atoms with Gasteiger partial charge in [-0.05, 0) is 58.6 Å². The largest absolute Gasteiger partial charge is 0.278 e. The maximum Gasteiger partial charge on any atom is 0.170 e. The fourth-order valence-electron chi connectivity index (χ4n) is 5.17. The minimum atomic E-state index is -0.0914. The van der Waals surface area contributed by atoms with Crippen molar-refractivity contribution in [3.8, 4) is 6.07 Å². The van der Waals surface area contributed by atoms with E-state index in [9.17, 15) is 5.26 Å². The number of aryl methyl sites for hydroxylation is 2. The number of benzene rings is 2. The SMILES string of the molecule is Cc1ccc2[nH]nc(Cc3cc(C)c(C(C)(C)C)c4c(C#N)n[nH]c34)c2c1C(C)(C)C. The van der Waals surface area contributed by atoms with Gasteiger partial charge in [-0.3, -0.25) is 10.2 Å². The molecule has 0 aliphatic rings. The van der Waals surface area contributed by atoms with Crippen LogP contribution in [0.5, 0.6) is 0 Å². The van der Waals surface area contributed by atoms with Crippen molar-refractivity contribution in [3.63, 3.8) is 0 Å². The third-order valence-corrected chi connectivity index (χ3v) is 6.10. The molecule has 0 saturated carbocycles. The Morgan fingerprint density at radius 3 is 2.13 bits per heavy atom. The van der Waals surface area contributed by atoms with Gasteiger partial charge in [-0.2, -0.15) is 15.5 Å². The van der Waals surface area contributed by atoms with Crippen molar-refractivity contribution in [2.75, 3.05) is 0 Å². The van der Waals surface area contributed by atoms with Gasteiger partial charge in [-0.25, -0.2) is 0 Å². The van der Waals surface area contributed by atoms with Crippen molar-refractivity contribution < 1.29 is 0 Å². The first-order valence-corrected chi connectivity index (χ1v) is 10.8. The predicted molar refractivity (Wildman–Crippen MR) is 127 cm³/mol. The lowest BCUT2D eigenvalue weighted by Crippen LogP contribution is -2.15. The molecule has 0 saturated heterocycles. The van der Waals surface area contributed by atoms with Crippen molar-refractivity contribution >= 4 is 21.8 Å². The summed E-state index contributed by atoms with van der Waals surface area (Å²) < 4.78 is 0. The van der Waals surface area contributed by atoms with Crippen molar-refractivity contribution in [3.05, 3.63) is 57.4 Å². The van der Waals surface area contributed by atoms with Gasteiger partial charge in [0.25, 0.3) is 0 Å². The summed E-state index contributed by atoms with van der Waals surface area (Å²) in [4.78, 5) is 0. The molecule has 0 aliphatic carbocycles. The van der Waals surface area contributed by atoms with Crippen LogP contribution in [-0.4, -0.2) is 20.4 Å². The summed E-state index contributed by atoms with van der Waals surface area (Å²) >= 11 is 0. The highest BCUT2D eigenvalue weighted by molar-refractivity contribution is 5.93. The molecule has 4 aromatic rings. The zero-order valence-corrected chi connectivity index (χ0v) is 19.8. The molecule has 31 heavy (non-hydrogen) atoms. The second kappa shape index (κ2) is 6.95. The van der Waals surface area contributed by atoms with Crippen LogP contribution in [-0.2, 0) is 17.3 Å². The van der Waals surface area contributed by atoms with E-state index in [1.54, 1.807) is 0 Å². The first-order valence-electron chi connectivity index (χ1n) is 10.8. The number of hydrogen-bond donors (Lipinski definition) is 2. The Labute approximate surface area is 183 Å². The number of aromatic amines is 2. The third kappa shape index (κ3) is 3.40. The van der Waals surface area contributed by atoms with E-state index in [-0.39, 0.29) is 10.8 Å². The summed E-state index contributed by atoms with van der Waals surface area (Å²) in [7, 11) is 0. The molecule has 160 valence electrons. The molecular weight excluding hydrogens is 382 g/mol. The van der Waals surface area contributed by atoms with Crippen LogP contribution in [0.4, 0.5) is 0 Å². The van der Waals surface area contributed by atoms with Gasteiger partial charge < -0.3 is 0 Å². The number of nitrogens with zero attached hydrogens (tertiary/aromatic N) is 3. The van der Waals surface area contributed by atoms with Gasteiger partial charge in [0.2, 0.25) is 0 Å². The Morgan fingerprint density at radius 1 is 0.871 bits per heavy atom. The van der Waals surface area contributed by atoms with E-state index in [0.717, 1.165) is 27.7 Å². The van der Waals surface area contributed by atoms with Crippen molar-refractivity contribution in [2.45, 2.75) is 72.6 Å².